The molecule has 6 heteroatoms. The number of hydrogen-bond acceptors (Lipinski definition) is 4. The molecule has 5 nitrogen and oxygen atoms in total. The van der Waals surface area contributed by atoms with Crippen LogP contribution in [-0.2, 0) is 6.54 Å². The second-order valence-corrected chi connectivity index (χ2v) is 5.23. The van der Waals surface area contributed by atoms with E-state index in [1.807, 2.05) is 24.3 Å². The van der Waals surface area contributed by atoms with Crippen molar-refractivity contribution in [3.05, 3.63) is 34.9 Å². The number of halogens is 1. The minimum absolute atomic E-state index is 0.623. The molecule has 0 saturated carbocycles. The number of piperidine rings is 1. The summed E-state index contributed by atoms with van der Waals surface area (Å²) in [6.45, 7) is 2.69. The maximum atomic E-state index is 5.86. The van der Waals surface area contributed by atoms with Crippen LogP contribution in [0.5, 0.6) is 0 Å². The van der Waals surface area contributed by atoms with Gasteiger partial charge in [0.05, 0.1) is 6.54 Å². The molecule has 1 aliphatic rings. The van der Waals surface area contributed by atoms with Gasteiger partial charge in [0.1, 0.15) is 0 Å². The maximum Gasteiger partial charge on any atom is 0.266 e. The molecule has 0 amide bonds. The molecule has 19 heavy (non-hydrogen) atoms. The second kappa shape index (κ2) is 5.57. The molecule has 1 fully saturated rings. The standard InChI is InChI=1S/C13H16ClN5/c14-12-6-4-11(5-7-12)10-19-16-13(15-17-19)18-8-2-1-3-9-18/h4-7H,1-3,8-10H2. The number of nitrogens with zero attached hydrogens (tertiary/aromatic N) is 5. The van der Waals surface area contributed by atoms with E-state index in [0.29, 0.717) is 6.54 Å². The number of rotatable bonds is 3. The molecule has 1 saturated heterocycles. The molecular formula is C13H16ClN5. The number of tetrazole rings is 1. The highest BCUT2D eigenvalue weighted by molar-refractivity contribution is 6.30. The van der Waals surface area contributed by atoms with E-state index in [1.54, 1.807) is 4.80 Å². The van der Waals surface area contributed by atoms with Crippen LogP contribution in [0, 0.1) is 0 Å². The van der Waals surface area contributed by atoms with Gasteiger partial charge < -0.3 is 4.90 Å². The largest absolute Gasteiger partial charge is 0.338 e. The average molecular weight is 278 g/mol. The van der Waals surface area contributed by atoms with Gasteiger partial charge in [-0.2, -0.15) is 4.80 Å². The molecule has 2 heterocycles. The van der Waals surface area contributed by atoms with Crippen molar-refractivity contribution in [2.75, 3.05) is 18.0 Å². The number of aromatic nitrogens is 4. The van der Waals surface area contributed by atoms with Crippen LogP contribution in [0.15, 0.2) is 24.3 Å². The first kappa shape index (κ1) is 12.4. The maximum absolute atomic E-state index is 5.86. The summed E-state index contributed by atoms with van der Waals surface area (Å²) in [5.74, 6) is 0.744. The molecule has 1 aromatic carbocycles. The van der Waals surface area contributed by atoms with E-state index in [0.717, 1.165) is 29.6 Å². The molecule has 0 spiro atoms. The van der Waals surface area contributed by atoms with Gasteiger partial charge in [0.2, 0.25) is 0 Å². The van der Waals surface area contributed by atoms with Gasteiger partial charge in [0.15, 0.2) is 0 Å². The van der Waals surface area contributed by atoms with Crippen molar-refractivity contribution in [2.45, 2.75) is 25.8 Å². The molecule has 0 unspecified atom stereocenters. The van der Waals surface area contributed by atoms with Crippen molar-refractivity contribution in [1.82, 2.24) is 20.2 Å². The van der Waals surface area contributed by atoms with Crippen LogP contribution in [0.3, 0.4) is 0 Å². The molecule has 1 aromatic heterocycles. The van der Waals surface area contributed by atoms with E-state index in [4.69, 9.17) is 11.6 Å². The van der Waals surface area contributed by atoms with Gasteiger partial charge in [0.25, 0.3) is 5.95 Å². The van der Waals surface area contributed by atoms with Crippen LogP contribution in [-0.4, -0.2) is 33.3 Å². The molecule has 0 N–H and O–H groups in total. The molecular weight excluding hydrogens is 262 g/mol. The number of anilines is 1. The Hall–Kier alpha value is -1.62. The third-order valence-electron chi connectivity index (χ3n) is 3.32. The summed E-state index contributed by atoms with van der Waals surface area (Å²) in [6.07, 6.45) is 3.73. The van der Waals surface area contributed by atoms with Gasteiger partial charge >= 0.3 is 0 Å². The Bertz CT molecular complexity index is 530. The fourth-order valence-corrected chi connectivity index (χ4v) is 2.40. The van der Waals surface area contributed by atoms with Crippen molar-refractivity contribution in [1.29, 1.82) is 0 Å². The van der Waals surface area contributed by atoms with Crippen molar-refractivity contribution in [3.8, 4) is 0 Å². The number of hydrogen-bond donors (Lipinski definition) is 0. The molecule has 1 aliphatic heterocycles. The van der Waals surface area contributed by atoms with Gasteiger partial charge in [-0.3, -0.25) is 0 Å². The smallest absolute Gasteiger partial charge is 0.266 e. The Kier molecular flexibility index (Phi) is 3.64. The van der Waals surface area contributed by atoms with E-state index in [1.165, 1.54) is 19.3 Å². The third-order valence-corrected chi connectivity index (χ3v) is 3.57. The molecule has 0 radical (unpaired) electrons. The van der Waals surface area contributed by atoms with Crippen molar-refractivity contribution in [2.24, 2.45) is 0 Å². The summed E-state index contributed by atoms with van der Waals surface area (Å²) in [4.78, 5) is 3.84. The van der Waals surface area contributed by atoms with Gasteiger partial charge in [-0.15, -0.1) is 5.10 Å². The van der Waals surface area contributed by atoms with Crippen LogP contribution in [0.2, 0.25) is 5.02 Å². The normalized spacial score (nSPS) is 15.7. The monoisotopic (exact) mass is 277 g/mol. The summed E-state index contributed by atoms with van der Waals surface area (Å²) in [6, 6.07) is 7.71. The fourth-order valence-electron chi connectivity index (χ4n) is 2.28. The first-order valence-corrected chi connectivity index (χ1v) is 6.96. The predicted molar refractivity (Wildman–Crippen MR) is 74.4 cm³/mol. The summed E-state index contributed by atoms with van der Waals surface area (Å²) >= 11 is 5.86. The lowest BCUT2D eigenvalue weighted by Gasteiger charge is -2.24. The minimum Gasteiger partial charge on any atom is -0.338 e. The highest BCUT2D eigenvalue weighted by Gasteiger charge is 2.15. The van der Waals surface area contributed by atoms with Crippen molar-refractivity contribution < 1.29 is 0 Å². The van der Waals surface area contributed by atoms with Crippen LogP contribution in [0.4, 0.5) is 5.95 Å². The third kappa shape index (κ3) is 3.04. The van der Waals surface area contributed by atoms with E-state index in [2.05, 4.69) is 20.3 Å². The average Bonchev–Trinajstić information content (AvgIpc) is 2.91. The molecule has 2 aromatic rings. The summed E-state index contributed by atoms with van der Waals surface area (Å²) in [5, 5.41) is 13.4. The highest BCUT2D eigenvalue weighted by Crippen LogP contribution is 2.15. The van der Waals surface area contributed by atoms with Crippen molar-refractivity contribution >= 4 is 17.5 Å². The highest BCUT2D eigenvalue weighted by atomic mass is 35.5. The van der Waals surface area contributed by atoms with Crippen LogP contribution >= 0.6 is 11.6 Å². The Morgan fingerprint density at radius 1 is 1.05 bits per heavy atom. The lowest BCUT2D eigenvalue weighted by Crippen LogP contribution is -2.30. The minimum atomic E-state index is 0.623. The molecule has 3 rings (SSSR count). The van der Waals surface area contributed by atoms with E-state index in [-0.39, 0.29) is 0 Å². The second-order valence-electron chi connectivity index (χ2n) is 4.79. The lowest BCUT2D eigenvalue weighted by atomic mass is 10.1. The Balaban J connectivity index is 1.68. The zero-order valence-electron chi connectivity index (χ0n) is 10.7. The van der Waals surface area contributed by atoms with Gasteiger partial charge in [-0.25, -0.2) is 0 Å². The van der Waals surface area contributed by atoms with Crippen LogP contribution < -0.4 is 4.90 Å². The molecule has 0 aliphatic carbocycles. The zero-order valence-corrected chi connectivity index (χ0v) is 11.4. The Morgan fingerprint density at radius 2 is 1.79 bits per heavy atom. The first-order valence-electron chi connectivity index (χ1n) is 6.58. The molecule has 100 valence electrons. The number of benzene rings is 1. The predicted octanol–water partition coefficient (Wildman–Crippen LogP) is 2.37. The van der Waals surface area contributed by atoms with Crippen molar-refractivity contribution in [3.63, 3.8) is 0 Å². The van der Waals surface area contributed by atoms with E-state index >= 15 is 0 Å². The van der Waals surface area contributed by atoms with Crippen LogP contribution in [0.1, 0.15) is 24.8 Å². The van der Waals surface area contributed by atoms with E-state index < -0.39 is 0 Å². The Morgan fingerprint density at radius 3 is 2.53 bits per heavy atom. The van der Waals surface area contributed by atoms with Gasteiger partial charge in [-0.05, 0) is 42.2 Å². The summed E-state index contributed by atoms with van der Waals surface area (Å²) < 4.78 is 0. The van der Waals surface area contributed by atoms with E-state index in [9.17, 15) is 0 Å². The summed E-state index contributed by atoms with van der Waals surface area (Å²) in [7, 11) is 0. The van der Waals surface area contributed by atoms with Gasteiger partial charge in [-0.1, -0.05) is 28.8 Å². The molecule has 0 atom stereocenters. The summed E-state index contributed by atoms with van der Waals surface area (Å²) in [5.41, 5.74) is 1.12. The fraction of sp³-hybridized carbons (Fsp3) is 0.462. The Labute approximate surface area is 117 Å². The SMILES string of the molecule is Clc1ccc(Cn2nnc(N3CCCCC3)n2)cc1. The van der Waals surface area contributed by atoms with Crippen LogP contribution in [0.25, 0.3) is 0 Å². The zero-order chi connectivity index (χ0) is 13.1. The lowest BCUT2D eigenvalue weighted by molar-refractivity contribution is 0.557. The molecule has 0 bridgehead atoms. The topological polar surface area (TPSA) is 46.8 Å². The quantitative estimate of drug-likeness (QED) is 0.864. The first-order chi connectivity index (χ1) is 9.31. The van der Waals surface area contributed by atoms with Gasteiger partial charge in [0, 0.05) is 18.1 Å².